The molecule has 0 amide bonds. The van der Waals surface area contributed by atoms with E-state index >= 15 is 0 Å². The van der Waals surface area contributed by atoms with Crippen LogP contribution in [0.15, 0.2) is 0 Å². The summed E-state index contributed by atoms with van der Waals surface area (Å²) in [5.74, 6) is 0.306. The topological polar surface area (TPSA) is 46.2 Å². The van der Waals surface area contributed by atoms with Crippen molar-refractivity contribution in [2.75, 3.05) is 6.54 Å². The quantitative estimate of drug-likeness (QED) is 0.687. The maximum Gasteiger partial charge on any atom is 0.0636 e. The Balaban J connectivity index is 2.57. The van der Waals surface area contributed by atoms with Crippen molar-refractivity contribution in [1.82, 2.24) is 0 Å². The average Bonchev–Trinajstić information content (AvgIpc) is 2.05. The number of nitrogens with two attached hydrogens (primary N) is 1. The summed E-state index contributed by atoms with van der Waals surface area (Å²) in [7, 11) is 0. The zero-order valence-electron chi connectivity index (χ0n) is 8.92. The molecule has 0 aromatic heterocycles. The number of hydrogen-bond acceptors (Lipinski definition) is 2. The molecule has 1 saturated carbocycles. The minimum absolute atomic E-state index is 0.166. The molecule has 1 aliphatic carbocycles. The van der Waals surface area contributed by atoms with Crippen LogP contribution in [-0.4, -0.2) is 17.8 Å². The Morgan fingerprint density at radius 1 is 1.38 bits per heavy atom. The molecule has 3 N–H and O–H groups in total. The Labute approximate surface area is 81.5 Å². The SMILES string of the molecule is CCC(CN)C(O)C1(CC)CCC1. The molecular weight excluding hydrogens is 162 g/mol. The van der Waals surface area contributed by atoms with Gasteiger partial charge in [0, 0.05) is 0 Å². The van der Waals surface area contributed by atoms with Crippen LogP contribution >= 0.6 is 0 Å². The van der Waals surface area contributed by atoms with Gasteiger partial charge in [0.25, 0.3) is 0 Å². The summed E-state index contributed by atoms with van der Waals surface area (Å²) in [6.07, 6.45) is 5.61. The lowest BCUT2D eigenvalue weighted by atomic mass is 9.60. The van der Waals surface area contributed by atoms with Crippen molar-refractivity contribution in [2.24, 2.45) is 17.1 Å². The monoisotopic (exact) mass is 185 g/mol. The number of aliphatic hydroxyl groups excluding tert-OH is 1. The van der Waals surface area contributed by atoms with Crippen LogP contribution in [0.2, 0.25) is 0 Å². The first-order valence-corrected chi connectivity index (χ1v) is 5.58. The zero-order valence-corrected chi connectivity index (χ0v) is 8.92. The molecule has 0 saturated heterocycles. The van der Waals surface area contributed by atoms with E-state index in [9.17, 15) is 5.11 Å². The molecule has 78 valence electrons. The Hall–Kier alpha value is -0.0800. The molecule has 13 heavy (non-hydrogen) atoms. The Morgan fingerprint density at radius 3 is 2.23 bits per heavy atom. The second kappa shape index (κ2) is 4.43. The minimum atomic E-state index is -0.166. The fourth-order valence-electron chi connectivity index (χ4n) is 2.51. The summed E-state index contributed by atoms with van der Waals surface area (Å²) in [6, 6.07) is 0. The lowest BCUT2D eigenvalue weighted by Crippen LogP contribution is -2.46. The van der Waals surface area contributed by atoms with Gasteiger partial charge in [-0.2, -0.15) is 0 Å². The Kier molecular flexibility index (Phi) is 3.74. The predicted molar refractivity (Wildman–Crippen MR) is 55.4 cm³/mol. The van der Waals surface area contributed by atoms with Crippen molar-refractivity contribution in [3.63, 3.8) is 0 Å². The predicted octanol–water partition coefficient (Wildman–Crippen LogP) is 1.91. The number of hydrogen-bond donors (Lipinski definition) is 2. The molecule has 2 unspecified atom stereocenters. The first-order valence-electron chi connectivity index (χ1n) is 5.58. The van der Waals surface area contributed by atoms with Gasteiger partial charge in [0.05, 0.1) is 6.10 Å². The van der Waals surface area contributed by atoms with Gasteiger partial charge in [0.1, 0.15) is 0 Å². The van der Waals surface area contributed by atoms with Gasteiger partial charge < -0.3 is 10.8 Å². The number of rotatable bonds is 5. The summed E-state index contributed by atoms with van der Waals surface area (Å²) >= 11 is 0. The van der Waals surface area contributed by atoms with Crippen LogP contribution in [0.25, 0.3) is 0 Å². The van der Waals surface area contributed by atoms with E-state index in [0.29, 0.717) is 12.5 Å². The van der Waals surface area contributed by atoms with Crippen molar-refractivity contribution < 1.29 is 5.11 Å². The van der Waals surface area contributed by atoms with Crippen molar-refractivity contribution in [1.29, 1.82) is 0 Å². The van der Waals surface area contributed by atoms with Gasteiger partial charge in [-0.05, 0) is 43.6 Å². The molecule has 0 heterocycles. The van der Waals surface area contributed by atoms with Gasteiger partial charge >= 0.3 is 0 Å². The summed E-state index contributed by atoms with van der Waals surface area (Å²) < 4.78 is 0. The molecular formula is C11H23NO. The summed E-state index contributed by atoms with van der Waals surface area (Å²) in [6.45, 7) is 4.92. The highest BCUT2D eigenvalue weighted by Crippen LogP contribution is 2.48. The van der Waals surface area contributed by atoms with Crippen LogP contribution in [0.4, 0.5) is 0 Å². The lowest BCUT2D eigenvalue weighted by molar-refractivity contribution is -0.0699. The molecule has 2 nitrogen and oxygen atoms in total. The smallest absolute Gasteiger partial charge is 0.0636 e. The van der Waals surface area contributed by atoms with E-state index in [1.807, 2.05) is 0 Å². The second-order valence-electron chi connectivity index (χ2n) is 4.42. The van der Waals surface area contributed by atoms with Gasteiger partial charge in [0.15, 0.2) is 0 Å². The van der Waals surface area contributed by atoms with E-state index in [2.05, 4.69) is 13.8 Å². The first kappa shape index (κ1) is 11.0. The summed E-state index contributed by atoms with van der Waals surface area (Å²) in [5, 5.41) is 10.2. The summed E-state index contributed by atoms with van der Waals surface area (Å²) in [4.78, 5) is 0. The van der Waals surface area contributed by atoms with Gasteiger partial charge in [-0.15, -0.1) is 0 Å². The van der Waals surface area contributed by atoms with Gasteiger partial charge in [-0.1, -0.05) is 20.3 Å². The normalized spacial score (nSPS) is 24.9. The van der Waals surface area contributed by atoms with E-state index in [1.165, 1.54) is 19.3 Å². The van der Waals surface area contributed by atoms with Gasteiger partial charge in [-0.3, -0.25) is 0 Å². The van der Waals surface area contributed by atoms with Gasteiger partial charge in [0.2, 0.25) is 0 Å². The third-order valence-electron chi connectivity index (χ3n) is 3.95. The third-order valence-corrected chi connectivity index (χ3v) is 3.95. The maximum absolute atomic E-state index is 10.2. The van der Waals surface area contributed by atoms with Crippen molar-refractivity contribution >= 4 is 0 Å². The number of aliphatic hydroxyl groups is 1. The highest BCUT2D eigenvalue weighted by Gasteiger charge is 2.44. The van der Waals surface area contributed by atoms with Crippen LogP contribution in [-0.2, 0) is 0 Å². The molecule has 0 spiro atoms. The molecule has 2 atom stereocenters. The second-order valence-corrected chi connectivity index (χ2v) is 4.42. The molecule has 0 aromatic carbocycles. The van der Waals surface area contributed by atoms with Crippen molar-refractivity contribution in [3.8, 4) is 0 Å². The molecule has 0 aliphatic heterocycles. The standard InChI is InChI=1S/C11H23NO/c1-3-9(8-12)10(13)11(4-2)6-5-7-11/h9-10,13H,3-8,12H2,1-2H3. The van der Waals surface area contributed by atoms with Crippen LogP contribution < -0.4 is 5.73 Å². The van der Waals surface area contributed by atoms with Gasteiger partial charge in [-0.25, -0.2) is 0 Å². The van der Waals surface area contributed by atoms with E-state index in [1.54, 1.807) is 0 Å². The highest BCUT2D eigenvalue weighted by atomic mass is 16.3. The zero-order chi connectivity index (χ0) is 9.90. The van der Waals surface area contributed by atoms with Crippen LogP contribution in [0.1, 0.15) is 46.0 Å². The largest absolute Gasteiger partial charge is 0.392 e. The first-order chi connectivity index (χ1) is 6.20. The van der Waals surface area contributed by atoms with Crippen LogP contribution in [0.3, 0.4) is 0 Å². The summed E-state index contributed by atoms with van der Waals surface area (Å²) in [5.41, 5.74) is 5.88. The van der Waals surface area contributed by atoms with Crippen LogP contribution in [0.5, 0.6) is 0 Å². The molecule has 1 aliphatic rings. The van der Waals surface area contributed by atoms with E-state index in [0.717, 1.165) is 12.8 Å². The molecule has 1 rings (SSSR count). The minimum Gasteiger partial charge on any atom is -0.392 e. The van der Waals surface area contributed by atoms with E-state index in [4.69, 9.17) is 5.73 Å². The van der Waals surface area contributed by atoms with Crippen molar-refractivity contribution in [2.45, 2.75) is 52.1 Å². The highest BCUT2D eigenvalue weighted by molar-refractivity contribution is 4.95. The Bertz CT molecular complexity index is 145. The molecule has 0 bridgehead atoms. The fraction of sp³-hybridized carbons (Fsp3) is 1.00. The molecule has 1 fully saturated rings. The fourth-order valence-corrected chi connectivity index (χ4v) is 2.51. The average molecular weight is 185 g/mol. The molecule has 2 heteroatoms. The lowest BCUT2D eigenvalue weighted by Gasteiger charge is -2.47. The maximum atomic E-state index is 10.2. The van der Waals surface area contributed by atoms with Crippen LogP contribution in [0, 0.1) is 11.3 Å². The van der Waals surface area contributed by atoms with E-state index < -0.39 is 0 Å². The third kappa shape index (κ3) is 1.89. The van der Waals surface area contributed by atoms with E-state index in [-0.39, 0.29) is 11.5 Å². The Morgan fingerprint density at radius 2 is 2.00 bits per heavy atom. The molecule has 0 aromatic rings. The van der Waals surface area contributed by atoms with Crippen molar-refractivity contribution in [3.05, 3.63) is 0 Å². The molecule has 0 radical (unpaired) electrons.